The molecule has 1 aliphatic heterocycles. The Morgan fingerprint density at radius 1 is 1.21 bits per heavy atom. The smallest absolute Gasteiger partial charge is 0.262 e. The average Bonchev–Trinajstić information content (AvgIpc) is 3.38. The van der Waals surface area contributed by atoms with Crippen LogP contribution in [-0.2, 0) is 0 Å². The summed E-state index contributed by atoms with van der Waals surface area (Å²) in [7, 11) is 1.53. The van der Waals surface area contributed by atoms with Gasteiger partial charge >= 0.3 is 0 Å². The largest absolute Gasteiger partial charge is 0.492 e. The summed E-state index contributed by atoms with van der Waals surface area (Å²) in [5, 5.41) is 5.01. The van der Waals surface area contributed by atoms with Crippen LogP contribution in [0.3, 0.4) is 0 Å². The van der Waals surface area contributed by atoms with Gasteiger partial charge in [-0.25, -0.2) is 9.37 Å². The lowest BCUT2D eigenvalue weighted by Crippen LogP contribution is -2.26. The number of carbonyl (C=O) groups is 1. The van der Waals surface area contributed by atoms with Crippen molar-refractivity contribution in [3.63, 3.8) is 0 Å². The van der Waals surface area contributed by atoms with Crippen molar-refractivity contribution in [2.75, 3.05) is 30.4 Å². The minimum atomic E-state index is -0.539. The van der Waals surface area contributed by atoms with Gasteiger partial charge in [-0.3, -0.25) is 14.9 Å². The Morgan fingerprint density at radius 2 is 1.94 bits per heavy atom. The molecule has 6 rings (SSSR count). The van der Waals surface area contributed by atoms with E-state index in [4.69, 9.17) is 4.74 Å². The van der Waals surface area contributed by atoms with Crippen molar-refractivity contribution in [2.45, 2.75) is 44.6 Å². The van der Waals surface area contributed by atoms with Crippen LogP contribution in [0.4, 0.5) is 15.2 Å². The second kappa shape index (κ2) is 8.37. The van der Waals surface area contributed by atoms with Gasteiger partial charge in [-0.1, -0.05) is 12.8 Å². The molecule has 2 unspecified atom stereocenters. The van der Waals surface area contributed by atoms with Gasteiger partial charge in [0, 0.05) is 36.9 Å². The molecule has 1 aromatic carbocycles. The third-order valence-corrected chi connectivity index (χ3v) is 8.22. The third-order valence-electron chi connectivity index (χ3n) is 7.53. The summed E-state index contributed by atoms with van der Waals surface area (Å²) in [6, 6.07) is 1.46. The van der Waals surface area contributed by atoms with E-state index in [-0.39, 0.29) is 17.0 Å². The zero-order chi connectivity index (χ0) is 23.4. The number of thiazole rings is 1. The van der Waals surface area contributed by atoms with Gasteiger partial charge in [-0.05, 0) is 43.6 Å². The van der Waals surface area contributed by atoms with E-state index in [0.29, 0.717) is 33.9 Å². The number of amides is 1. The molecule has 3 fully saturated rings. The number of pyridine rings is 1. The predicted molar refractivity (Wildman–Crippen MR) is 131 cm³/mol. The fourth-order valence-corrected chi connectivity index (χ4v) is 6.30. The molecule has 9 heteroatoms. The molecule has 1 amide bonds. The van der Waals surface area contributed by atoms with Crippen LogP contribution in [0, 0.1) is 17.7 Å². The van der Waals surface area contributed by atoms with Crippen molar-refractivity contribution in [3.05, 3.63) is 45.4 Å². The molecule has 3 heterocycles. The standard InChI is InChI=1S/C25H27FN4O3S/c1-33-23-20-17(10-19(26)21(23)29-11-14-4-2-3-5-15(14)12-29)22(31)18(13-30(20)16-6-7-16)24(32)28-25-27-8-9-34-25/h8-10,13-16H,2-7,11-12H2,1H3,(H,27,28,32). The number of aromatic nitrogens is 2. The summed E-state index contributed by atoms with van der Waals surface area (Å²) in [5.41, 5.74) is 0.501. The van der Waals surface area contributed by atoms with Gasteiger partial charge in [0.1, 0.15) is 11.3 Å². The molecule has 0 bridgehead atoms. The highest BCUT2D eigenvalue weighted by atomic mass is 32.1. The zero-order valence-electron chi connectivity index (χ0n) is 19.1. The highest BCUT2D eigenvalue weighted by Gasteiger charge is 2.38. The maximum absolute atomic E-state index is 15.7. The van der Waals surface area contributed by atoms with Crippen LogP contribution in [0.5, 0.6) is 5.75 Å². The minimum Gasteiger partial charge on any atom is -0.492 e. The molecule has 2 aliphatic carbocycles. The predicted octanol–water partition coefficient (Wildman–Crippen LogP) is 4.82. The Balaban J connectivity index is 1.49. The van der Waals surface area contributed by atoms with Crippen molar-refractivity contribution in [3.8, 4) is 5.75 Å². The number of nitrogens with one attached hydrogen (secondary N) is 1. The van der Waals surface area contributed by atoms with Gasteiger partial charge in [0.25, 0.3) is 5.91 Å². The molecule has 3 aromatic rings. The van der Waals surface area contributed by atoms with Crippen molar-refractivity contribution in [1.29, 1.82) is 0 Å². The van der Waals surface area contributed by atoms with Gasteiger partial charge in [-0.15, -0.1) is 11.3 Å². The number of benzene rings is 1. The molecule has 7 nitrogen and oxygen atoms in total. The Bertz CT molecular complexity index is 1300. The van der Waals surface area contributed by atoms with Crippen LogP contribution < -0.4 is 20.4 Å². The summed E-state index contributed by atoms with van der Waals surface area (Å²) in [6.07, 6.45) is 9.91. The number of methoxy groups -OCH3 is 1. The average molecular weight is 483 g/mol. The Morgan fingerprint density at radius 3 is 2.56 bits per heavy atom. The molecular formula is C25H27FN4O3S. The molecule has 2 saturated carbocycles. The first-order chi connectivity index (χ1) is 16.5. The van der Waals surface area contributed by atoms with Crippen LogP contribution in [0.15, 0.2) is 28.6 Å². The molecular weight excluding hydrogens is 455 g/mol. The fraction of sp³-hybridized carbons (Fsp3) is 0.480. The van der Waals surface area contributed by atoms with E-state index in [2.05, 4.69) is 15.2 Å². The van der Waals surface area contributed by atoms with E-state index in [9.17, 15) is 9.59 Å². The SMILES string of the molecule is COc1c(N2CC3CCCCC3C2)c(F)cc2c(=O)c(C(=O)Nc3nccs3)cn(C3CC3)c12. The van der Waals surface area contributed by atoms with Crippen molar-refractivity contribution >= 4 is 39.0 Å². The summed E-state index contributed by atoms with van der Waals surface area (Å²) >= 11 is 1.27. The highest BCUT2D eigenvalue weighted by Crippen LogP contribution is 2.46. The summed E-state index contributed by atoms with van der Waals surface area (Å²) in [5.74, 6) is 0.542. The normalized spacial score (nSPS) is 22.1. The second-order valence-corrected chi connectivity index (χ2v) is 10.5. The number of anilines is 2. The van der Waals surface area contributed by atoms with Crippen LogP contribution in [-0.4, -0.2) is 35.7 Å². The monoisotopic (exact) mass is 482 g/mol. The van der Waals surface area contributed by atoms with E-state index >= 15 is 4.39 Å². The van der Waals surface area contributed by atoms with Gasteiger partial charge in [0.05, 0.1) is 18.0 Å². The Hall–Kier alpha value is -2.94. The number of fused-ring (bicyclic) bond motifs is 2. The molecule has 1 saturated heterocycles. The summed E-state index contributed by atoms with van der Waals surface area (Å²) < 4.78 is 23.4. The maximum atomic E-state index is 15.7. The quantitative estimate of drug-likeness (QED) is 0.564. The zero-order valence-corrected chi connectivity index (χ0v) is 19.9. The van der Waals surface area contributed by atoms with Gasteiger partial charge in [0.15, 0.2) is 16.7 Å². The number of halogens is 1. The Kier molecular flexibility index (Phi) is 5.32. The second-order valence-electron chi connectivity index (χ2n) is 9.65. The van der Waals surface area contributed by atoms with E-state index in [0.717, 1.165) is 25.9 Å². The van der Waals surface area contributed by atoms with Crippen molar-refractivity contribution in [1.82, 2.24) is 9.55 Å². The molecule has 2 aromatic heterocycles. The topological polar surface area (TPSA) is 76.5 Å². The first-order valence-corrected chi connectivity index (χ1v) is 12.8. The highest BCUT2D eigenvalue weighted by molar-refractivity contribution is 7.13. The van der Waals surface area contributed by atoms with Crippen LogP contribution >= 0.6 is 11.3 Å². The Labute approximate surface area is 200 Å². The summed E-state index contributed by atoms with van der Waals surface area (Å²) in [6.45, 7) is 1.62. The van der Waals surface area contributed by atoms with E-state index in [1.807, 2.05) is 4.57 Å². The number of nitrogens with zero attached hydrogens (tertiary/aromatic N) is 3. The van der Waals surface area contributed by atoms with Crippen molar-refractivity contribution < 1.29 is 13.9 Å². The molecule has 2 atom stereocenters. The van der Waals surface area contributed by atoms with Crippen molar-refractivity contribution in [2.24, 2.45) is 11.8 Å². The first kappa shape index (κ1) is 21.6. The van der Waals surface area contributed by atoms with E-state index < -0.39 is 17.2 Å². The molecule has 0 spiro atoms. The number of rotatable bonds is 5. The van der Waals surface area contributed by atoms with E-state index in [1.54, 1.807) is 17.8 Å². The lowest BCUT2D eigenvalue weighted by atomic mass is 9.82. The molecule has 1 N–H and O–H groups in total. The molecule has 178 valence electrons. The molecule has 0 radical (unpaired) electrons. The maximum Gasteiger partial charge on any atom is 0.262 e. The lowest BCUT2D eigenvalue weighted by molar-refractivity contribution is 0.102. The number of hydrogen-bond acceptors (Lipinski definition) is 6. The van der Waals surface area contributed by atoms with E-state index in [1.165, 1.54) is 50.2 Å². The number of ether oxygens (including phenoxy) is 1. The number of hydrogen-bond donors (Lipinski definition) is 1. The van der Waals surface area contributed by atoms with Crippen LogP contribution in [0.2, 0.25) is 0 Å². The fourth-order valence-electron chi connectivity index (χ4n) is 5.77. The first-order valence-electron chi connectivity index (χ1n) is 12.0. The van der Waals surface area contributed by atoms with Gasteiger partial charge in [-0.2, -0.15) is 0 Å². The van der Waals surface area contributed by atoms with Gasteiger partial charge < -0.3 is 14.2 Å². The molecule has 34 heavy (non-hydrogen) atoms. The third kappa shape index (κ3) is 3.57. The van der Waals surface area contributed by atoms with Gasteiger partial charge in [0.2, 0.25) is 5.43 Å². The minimum absolute atomic E-state index is 0.0176. The number of carbonyl (C=O) groups excluding carboxylic acids is 1. The van der Waals surface area contributed by atoms with Crippen LogP contribution in [0.25, 0.3) is 10.9 Å². The lowest BCUT2D eigenvalue weighted by Gasteiger charge is -2.25. The summed E-state index contributed by atoms with van der Waals surface area (Å²) in [4.78, 5) is 32.5. The van der Waals surface area contributed by atoms with Crippen LogP contribution in [0.1, 0.15) is 54.9 Å². The molecule has 3 aliphatic rings.